The second kappa shape index (κ2) is 5.31. The van der Waals surface area contributed by atoms with Crippen molar-refractivity contribution in [2.45, 2.75) is 0 Å². The number of benzene rings is 2. The first-order valence-electron chi connectivity index (χ1n) is 6.18. The van der Waals surface area contributed by atoms with Gasteiger partial charge < -0.3 is 5.73 Å². The lowest BCUT2D eigenvalue weighted by Crippen LogP contribution is -1.98. The minimum Gasteiger partial charge on any atom is -0.383 e. The maximum absolute atomic E-state index is 6.04. The quantitative estimate of drug-likeness (QED) is 0.771. The third kappa shape index (κ3) is 2.49. The van der Waals surface area contributed by atoms with Crippen molar-refractivity contribution in [2.75, 3.05) is 5.73 Å². The van der Waals surface area contributed by atoms with Crippen LogP contribution >= 0.6 is 11.6 Å². The molecule has 3 aromatic rings. The first-order chi connectivity index (χ1) is 9.74. The Morgan fingerprint density at radius 2 is 1.55 bits per heavy atom. The molecule has 0 saturated heterocycles. The van der Waals surface area contributed by atoms with E-state index in [0.717, 1.165) is 16.7 Å². The van der Waals surface area contributed by atoms with Crippen LogP contribution in [-0.4, -0.2) is 9.97 Å². The molecular weight excluding hydrogens is 270 g/mol. The van der Waals surface area contributed by atoms with Crippen molar-refractivity contribution in [1.29, 1.82) is 0 Å². The van der Waals surface area contributed by atoms with E-state index in [9.17, 15) is 0 Å². The lowest BCUT2D eigenvalue weighted by atomic mass is 10.1. The van der Waals surface area contributed by atoms with Gasteiger partial charge >= 0.3 is 0 Å². The summed E-state index contributed by atoms with van der Waals surface area (Å²) in [5.74, 6) is 1.09. The molecular formula is C16H12ClN3. The average Bonchev–Trinajstić information content (AvgIpc) is 2.49. The molecule has 0 amide bonds. The number of nitrogens with zero attached hydrogens (tertiary/aromatic N) is 2. The molecule has 20 heavy (non-hydrogen) atoms. The van der Waals surface area contributed by atoms with Crippen LogP contribution in [0.2, 0.25) is 5.02 Å². The molecule has 4 heteroatoms. The summed E-state index contributed by atoms with van der Waals surface area (Å²) in [6.07, 6.45) is 1.74. The van der Waals surface area contributed by atoms with E-state index in [1.54, 1.807) is 6.20 Å². The molecule has 0 unspecified atom stereocenters. The smallest absolute Gasteiger partial charge is 0.161 e. The third-order valence-corrected chi connectivity index (χ3v) is 3.26. The maximum Gasteiger partial charge on any atom is 0.161 e. The van der Waals surface area contributed by atoms with Crippen molar-refractivity contribution in [3.05, 3.63) is 65.8 Å². The van der Waals surface area contributed by atoms with Gasteiger partial charge in [0.25, 0.3) is 0 Å². The number of hydrogen-bond acceptors (Lipinski definition) is 3. The van der Waals surface area contributed by atoms with Gasteiger partial charge in [0.2, 0.25) is 0 Å². The molecule has 0 aliphatic carbocycles. The number of nitrogens with two attached hydrogens (primary N) is 1. The molecule has 0 spiro atoms. The fourth-order valence-corrected chi connectivity index (χ4v) is 2.10. The van der Waals surface area contributed by atoms with Gasteiger partial charge in [-0.1, -0.05) is 54.1 Å². The predicted molar refractivity (Wildman–Crippen MR) is 82.3 cm³/mol. The van der Waals surface area contributed by atoms with Crippen LogP contribution in [0.5, 0.6) is 0 Å². The largest absolute Gasteiger partial charge is 0.383 e. The predicted octanol–water partition coefficient (Wildman–Crippen LogP) is 4.05. The molecule has 2 aromatic carbocycles. The van der Waals surface area contributed by atoms with Crippen LogP contribution in [0.25, 0.3) is 22.5 Å². The molecule has 0 fully saturated rings. The Labute approximate surface area is 122 Å². The Balaban J connectivity index is 2.02. The van der Waals surface area contributed by atoms with Crippen LogP contribution in [0.4, 0.5) is 5.82 Å². The standard InChI is InChI=1S/C16H12ClN3/c17-13-8-6-11(7-9-13)14-10-19-16(20-15(14)18)12-4-2-1-3-5-12/h1-10H,(H2,18,19,20). The Hall–Kier alpha value is -2.39. The summed E-state index contributed by atoms with van der Waals surface area (Å²) in [5, 5.41) is 0.689. The topological polar surface area (TPSA) is 51.8 Å². The molecule has 1 aromatic heterocycles. The first kappa shape index (κ1) is 12.6. The highest BCUT2D eigenvalue weighted by atomic mass is 35.5. The molecule has 0 radical (unpaired) electrons. The molecule has 0 atom stereocenters. The van der Waals surface area contributed by atoms with Gasteiger partial charge in [-0.15, -0.1) is 0 Å². The van der Waals surface area contributed by atoms with Crippen LogP contribution in [0.1, 0.15) is 0 Å². The Kier molecular flexibility index (Phi) is 3.35. The second-order valence-corrected chi connectivity index (χ2v) is 4.80. The number of nitrogen functional groups attached to an aromatic ring is 1. The van der Waals surface area contributed by atoms with Gasteiger partial charge in [0.1, 0.15) is 5.82 Å². The zero-order chi connectivity index (χ0) is 13.9. The number of rotatable bonds is 2. The van der Waals surface area contributed by atoms with Crippen LogP contribution in [0, 0.1) is 0 Å². The van der Waals surface area contributed by atoms with Crippen molar-refractivity contribution in [3.63, 3.8) is 0 Å². The average molecular weight is 282 g/mol. The molecule has 0 saturated carbocycles. The summed E-state index contributed by atoms with van der Waals surface area (Å²) >= 11 is 5.88. The van der Waals surface area contributed by atoms with Crippen molar-refractivity contribution < 1.29 is 0 Å². The number of hydrogen-bond donors (Lipinski definition) is 1. The Bertz CT molecular complexity index is 724. The van der Waals surface area contributed by atoms with E-state index in [-0.39, 0.29) is 0 Å². The van der Waals surface area contributed by atoms with Gasteiger partial charge in [-0.25, -0.2) is 9.97 Å². The lowest BCUT2D eigenvalue weighted by Gasteiger charge is -2.07. The van der Waals surface area contributed by atoms with E-state index in [1.165, 1.54) is 0 Å². The lowest BCUT2D eigenvalue weighted by molar-refractivity contribution is 1.19. The van der Waals surface area contributed by atoms with Gasteiger partial charge in [0.15, 0.2) is 5.82 Å². The van der Waals surface area contributed by atoms with E-state index in [4.69, 9.17) is 17.3 Å². The zero-order valence-corrected chi connectivity index (χ0v) is 11.4. The molecule has 98 valence electrons. The van der Waals surface area contributed by atoms with E-state index < -0.39 is 0 Å². The fraction of sp³-hybridized carbons (Fsp3) is 0. The van der Waals surface area contributed by atoms with E-state index in [2.05, 4.69) is 9.97 Å². The van der Waals surface area contributed by atoms with Gasteiger partial charge in [0.05, 0.1) is 0 Å². The minimum atomic E-state index is 0.459. The molecule has 2 N–H and O–H groups in total. The Morgan fingerprint density at radius 3 is 2.20 bits per heavy atom. The number of aromatic nitrogens is 2. The van der Waals surface area contributed by atoms with Crippen LogP contribution in [-0.2, 0) is 0 Å². The van der Waals surface area contributed by atoms with Crippen molar-refractivity contribution in [1.82, 2.24) is 9.97 Å². The van der Waals surface area contributed by atoms with Crippen molar-refractivity contribution in [3.8, 4) is 22.5 Å². The van der Waals surface area contributed by atoms with E-state index in [0.29, 0.717) is 16.7 Å². The van der Waals surface area contributed by atoms with Crippen molar-refractivity contribution in [2.24, 2.45) is 0 Å². The van der Waals surface area contributed by atoms with E-state index >= 15 is 0 Å². The van der Waals surface area contributed by atoms with E-state index in [1.807, 2.05) is 54.6 Å². The number of anilines is 1. The van der Waals surface area contributed by atoms with Crippen molar-refractivity contribution >= 4 is 17.4 Å². The van der Waals surface area contributed by atoms with Crippen LogP contribution in [0.3, 0.4) is 0 Å². The minimum absolute atomic E-state index is 0.459. The monoisotopic (exact) mass is 281 g/mol. The summed E-state index contributed by atoms with van der Waals surface area (Å²) in [7, 11) is 0. The molecule has 0 bridgehead atoms. The maximum atomic E-state index is 6.04. The fourth-order valence-electron chi connectivity index (χ4n) is 1.97. The van der Waals surface area contributed by atoms with Gasteiger partial charge in [-0.05, 0) is 17.7 Å². The molecule has 3 rings (SSSR count). The highest BCUT2D eigenvalue weighted by Gasteiger charge is 2.07. The summed E-state index contributed by atoms with van der Waals surface area (Å²) < 4.78 is 0. The molecule has 0 aliphatic heterocycles. The summed E-state index contributed by atoms with van der Waals surface area (Å²) in [4.78, 5) is 8.76. The normalized spacial score (nSPS) is 10.4. The SMILES string of the molecule is Nc1nc(-c2ccccc2)ncc1-c1ccc(Cl)cc1. The van der Waals surface area contributed by atoms with Crippen LogP contribution < -0.4 is 5.73 Å². The first-order valence-corrected chi connectivity index (χ1v) is 6.56. The van der Waals surface area contributed by atoms with Gasteiger partial charge in [0, 0.05) is 22.3 Å². The number of halogens is 1. The summed E-state index contributed by atoms with van der Waals surface area (Å²) in [5.41, 5.74) is 8.75. The Morgan fingerprint density at radius 1 is 0.850 bits per heavy atom. The third-order valence-electron chi connectivity index (χ3n) is 3.01. The highest BCUT2D eigenvalue weighted by Crippen LogP contribution is 2.26. The highest BCUT2D eigenvalue weighted by molar-refractivity contribution is 6.30. The summed E-state index contributed by atoms with van der Waals surface area (Å²) in [6.45, 7) is 0. The molecule has 1 heterocycles. The molecule has 3 nitrogen and oxygen atoms in total. The van der Waals surface area contributed by atoms with Gasteiger partial charge in [-0.3, -0.25) is 0 Å². The zero-order valence-electron chi connectivity index (χ0n) is 10.6. The van der Waals surface area contributed by atoms with Gasteiger partial charge in [-0.2, -0.15) is 0 Å². The second-order valence-electron chi connectivity index (χ2n) is 4.37. The summed E-state index contributed by atoms with van der Waals surface area (Å²) in [6, 6.07) is 17.2. The van der Waals surface area contributed by atoms with Crippen LogP contribution in [0.15, 0.2) is 60.8 Å². The molecule has 0 aliphatic rings.